The van der Waals surface area contributed by atoms with E-state index in [1.54, 1.807) is 0 Å². The Labute approximate surface area is 386 Å². The predicted octanol–water partition coefficient (Wildman–Crippen LogP) is 17.1. The maximum atomic E-state index is 11.2. The van der Waals surface area contributed by atoms with E-state index in [1.165, 1.54) is 90.4 Å². The van der Waals surface area contributed by atoms with Crippen molar-refractivity contribution in [3.8, 4) is 28.0 Å². The first kappa shape index (κ1) is 43.3. The quantitative estimate of drug-likeness (QED) is 0.0636. The summed E-state index contributed by atoms with van der Waals surface area (Å²) in [5, 5.41) is 2.32. The van der Waals surface area contributed by atoms with E-state index >= 15 is 0 Å². The Bertz CT molecular complexity index is 2790. The molecule has 324 valence electrons. The van der Waals surface area contributed by atoms with E-state index in [0.717, 1.165) is 63.8 Å². The number of fused-ring (bicyclic) bond motifs is 3. The third-order valence-electron chi connectivity index (χ3n) is 13.2. The summed E-state index contributed by atoms with van der Waals surface area (Å²) in [5.41, 5.74) is 13.9. The summed E-state index contributed by atoms with van der Waals surface area (Å²) in [7, 11) is 0. The largest absolute Gasteiger partial charge is 0.473 e. The van der Waals surface area contributed by atoms with Gasteiger partial charge in [0.25, 0.3) is 0 Å². The Balaban J connectivity index is 0.983. The lowest BCUT2D eigenvalue weighted by atomic mass is 9.82. The molecule has 8 aromatic carbocycles. The molecular weight excluding hydrogens is 791 g/mol. The minimum Gasteiger partial charge on any atom is -0.473 e. The second kappa shape index (κ2) is 20.2. The number of benzene rings is 8. The molecule has 0 aromatic heterocycles. The van der Waals surface area contributed by atoms with Crippen molar-refractivity contribution >= 4 is 40.2 Å². The number of nitrogens with zero attached hydrogens (tertiary/aromatic N) is 1. The molecule has 3 nitrogen and oxygen atoms in total. The molecule has 1 atom stereocenters. The molecule has 0 aliphatic carbocycles. The van der Waals surface area contributed by atoms with E-state index in [2.05, 4.69) is 183 Å². The molecule has 0 spiro atoms. The molecule has 0 amide bonds. The Kier molecular flexibility index (Phi) is 13.5. The van der Waals surface area contributed by atoms with Gasteiger partial charge in [-0.3, -0.25) is 4.79 Å². The van der Waals surface area contributed by atoms with Gasteiger partial charge in [0.1, 0.15) is 12.0 Å². The third kappa shape index (κ3) is 9.61. The van der Waals surface area contributed by atoms with Crippen molar-refractivity contribution in [2.45, 2.75) is 83.7 Å². The van der Waals surface area contributed by atoms with E-state index < -0.39 is 5.60 Å². The minimum atomic E-state index is -0.802. The van der Waals surface area contributed by atoms with Crippen LogP contribution in [-0.2, 0) is 18.4 Å². The number of carbonyl (C=O) groups is 1. The van der Waals surface area contributed by atoms with Gasteiger partial charge in [0.15, 0.2) is 5.60 Å². The van der Waals surface area contributed by atoms with Crippen LogP contribution in [0.2, 0.25) is 0 Å². The molecule has 1 heterocycles. The number of ether oxygens (including phenoxy) is 1. The van der Waals surface area contributed by atoms with Crippen LogP contribution in [0.15, 0.2) is 188 Å². The number of hydrogen-bond donors (Lipinski definition) is 0. The first-order valence-corrected chi connectivity index (χ1v) is 23.8. The summed E-state index contributed by atoms with van der Waals surface area (Å²) < 4.78 is 7.13. The lowest BCUT2D eigenvalue weighted by Crippen LogP contribution is -2.34. The molecule has 0 radical (unpaired) electrons. The lowest BCUT2D eigenvalue weighted by molar-refractivity contribution is 0.112. The van der Waals surface area contributed by atoms with Crippen LogP contribution < -0.4 is 9.64 Å². The van der Waals surface area contributed by atoms with Crippen LogP contribution in [0.3, 0.4) is 0 Å². The van der Waals surface area contributed by atoms with Gasteiger partial charge in [0, 0.05) is 39.3 Å². The molecule has 65 heavy (non-hydrogen) atoms. The van der Waals surface area contributed by atoms with E-state index in [4.69, 9.17) is 4.74 Å². The van der Waals surface area contributed by atoms with Crippen molar-refractivity contribution < 1.29 is 9.53 Å². The van der Waals surface area contributed by atoms with Crippen molar-refractivity contribution in [2.24, 2.45) is 0 Å². The Morgan fingerprint density at radius 3 is 1.57 bits per heavy atom. The van der Waals surface area contributed by atoms with Crippen molar-refractivity contribution in [1.29, 1.82) is 0 Å². The predicted molar refractivity (Wildman–Crippen MR) is 274 cm³/mol. The number of aldehydes is 1. The molecule has 1 aliphatic rings. The second-order valence-corrected chi connectivity index (χ2v) is 17.6. The van der Waals surface area contributed by atoms with Crippen LogP contribution in [0, 0.1) is 0 Å². The maximum absolute atomic E-state index is 11.2. The van der Waals surface area contributed by atoms with E-state index in [-0.39, 0.29) is 0 Å². The molecule has 0 bridgehead atoms. The fraction of sp³-hybridized carbons (Fsp3) is 0.210. The van der Waals surface area contributed by atoms with E-state index in [1.807, 2.05) is 30.3 Å². The zero-order chi connectivity index (χ0) is 44.4. The highest BCUT2D eigenvalue weighted by molar-refractivity contribution is 5.96. The van der Waals surface area contributed by atoms with Crippen LogP contribution in [0.4, 0.5) is 17.1 Å². The maximum Gasteiger partial charge on any atom is 0.178 e. The first-order valence-electron chi connectivity index (χ1n) is 23.8. The molecule has 1 unspecified atom stereocenters. The zero-order valence-electron chi connectivity index (χ0n) is 37.9. The summed E-state index contributed by atoms with van der Waals surface area (Å²) in [6.07, 6.45) is 17.8. The molecule has 3 heteroatoms. The highest BCUT2D eigenvalue weighted by Gasteiger charge is 2.37. The Hall–Kier alpha value is -6.97. The van der Waals surface area contributed by atoms with Gasteiger partial charge >= 0.3 is 0 Å². The number of rotatable bonds is 18. The lowest BCUT2D eigenvalue weighted by Gasteiger charge is -2.36. The van der Waals surface area contributed by atoms with Gasteiger partial charge in [-0.1, -0.05) is 186 Å². The fourth-order valence-corrected chi connectivity index (χ4v) is 9.39. The van der Waals surface area contributed by atoms with Gasteiger partial charge in [-0.05, 0) is 131 Å². The molecular formula is C62H59NO2. The van der Waals surface area contributed by atoms with Crippen LogP contribution in [0.1, 0.15) is 103 Å². The normalized spacial score (nSPS) is 14.2. The topological polar surface area (TPSA) is 29.5 Å². The van der Waals surface area contributed by atoms with Gasteiger partial charge in [-0.25, -0.2) is 0 Å². The highest BCUT2D eigenvalue weighted by Crippen LogP contribution is 2.45. The van der Waals surface area contributed by atoms with Gasteiger partial charge < -0.3 is 9.64 Å². The van der Waals surface area contributed by atoms with Gasteiger partial charge in [0.05, 0.1) is 0 Å². The number of aryl methyl sites for hydroxylation is 2. The van der Waals surface area contributed by atoms with Crippen LogP contribution >= 0.6 is 0 Å². The second-order valence-electron chi connectivity index (χ2n) is 17.6. The molecule has 8 aromatic rings. The Morgan fingerprint density at radius 2 is 1.00 bits per heavy atom. The van der Waals surface area contributed by atoms with Gasteiger partial charge in [0.2, 0.25) is 0 Å². The molecule has 0 saturated heterocycles. The summed E-state index contributed by atoms with van der Waals surface area (Å²) in [5.74, 6) is 0.851. The van der Waals surface area contributed by atoms with Gasteiger partial charge in [-0.15, -0.1) is 0 Å². The van der Waals surface area contributed by atoms with Gasteiger partial charge in [-0.2, -0.15) is 0 Å². The van der Waals surface area contributed by atoms with Crippen molar-refractivity contribution in [3.63, 3.8) is 0 Å². The number of carbonyl (C=O) groups excluding carboxylic acids is 1. The van der Waals surface area contributed by atoms with E-state index in [9.17, 15) is 4.79 Å². The smallest absolute Gasteiger partial charge is 0.178 e. The summed E-state index contributed by atoms with van der Waals surface area (Å²) >= 11 is 0. The van der Waals surface area contributed by atoms with Crippen molar-refractivity contribution in [1.82, 2.24) is 0 Å². The number of anilines is 3. The Morgan fingerprint density at radius 1 is 0.492 bits per heavy atom. The number of hydrogen-bond acceptors (Lipinski definition) is 3. The summed E-state index contributed by atoms with van der Waals surface area (Å²) in [6, 6.07) is 65.3. The SMILES string of the molecule is CCCCCCc1ccc(N(c2ccc(CCCCCC)cc2)c2ccc(-c3ccc4c5c(ccc4c3)OC(c3ccccc3)(c3ccc(-c4ccc(C=O)cc4)cc3)C=C5)cc2)cc1. The van der Waals surface area contributed by atoms with E-state index in [0.29, 0.717) is 5.56 Å². The zero-order valence-corrected chi connectivity index (χ0v) is 37.9. The highest BCUT2D eigenvalue weighted by atomic mass is 16.5. The molecule has 1 aliphatic heterocycles. The van der Waals surface area contributed by atoms with Crippen molar-refractivity contribution in [3.05, 3.63) is 221 Å². The van der Waals surface area contributed by atoms with Crippen LogP contribution in [0.5, 0.6) is 5.75 Å². The minimum absolute atomic E-state index is 0.669. The first-order chi connectivity index (χ1) is 32.0. The monoisotopic (exact) mass is 849 g/mol. The average molecular weight is 850 g/mol. The van der Waals surface area contributed by atoms with Crippen LogP contribution in [0.25, 0.3) is 39.1 Å². The summed E-state index contributed by atoms with van der Waals surface area (Å²) in [4.78, 5) is 13.6. The van der Waals surface area contributed by atoms with Crippen LogP contribution in [-0.4, -0.2) is 6.29 Å². The molecule has 0 fully saturated rings. The fourth-order valence-electron chi connectivity index (χ4n) is 9.39. The van der Waals surface area contributed by atoms with Crippen molar-refractivity contribution in [2.75, 3.05) is 4.90 Å². The molecule has 0 saturated carbocycles. The summed E-state index contributed by atoms with van der Waals surface area (Å²) in [6.45, 7) is 4.54. The molecule has 9 rings (SSSR count). The standard InChI is InChI=1S/C62H59NO2/c1-3-5-7-10-14-46-20-34-56(35-21-46)63(57-36-22-47(23-37-57)15-11-8-6-4-2)58-38-28-51(29-39-58)52-30-40-59-53(44-52)31-41-61-60(59)42-43-62(65-61,54-16-12-9-13-17-54)55-32-26-50(27-33-55)49-24-18-48(45-64)19-25-49/h9,12-13,16-45H,3-8,10-11,14-15H2,1-2H3. The molecule has 0 N–H and O–H groups in total. The third-order valence-corrected chi connectivity index (χ3v) is 13.2. The number of unbranched alkanes of at least 4 members (excludes halogenated alkanes) is 6. The average Bonchev–Trinajstić information content (AvgIpc) is 3.37.